The quantitative estimate of drug-likeness (QED) is 0.480. The largest absolute Gasteiger partial charge is 0.494 e. The van der Waals surface area contributed by atoms with Crippen LogP contribution < -0.4 is 9.64 Å². The van der Waals surface area contributed by atoms with Gasteiger partial charge in [-0.05, 0) is 6.07 Å². The Morgan fingerprint density at radius 1 is 1.56 bits per heavy atom. The fourth-order valence-corrected chi connectivity index (χ4v) is 2.63. The van der Waals surface area contributed by atoms with Crippen LogP contribution in [0.4, 0.5) is 11.4 Å². The van der Waals surface area contributed by atoms with Crippen LogP contribution in [0.3, 0.4) is 0 Å². The van der Waals surface area contributed by atoms with E-state index >= 15 is 0 Å². The lowest BCUT2D eigenvalue weighted by Gasteiger charge is -2.17. The average molecular weight is 284 g/mol. The van der Waals surface area contributed by atoms with Gasteiger partial charge in [0.15, 0.2) is 0 Å². The highest BCUT2D eigenvalue weighted by Crippen LogP contribution is 2.36. The molecule has 1 fully saturated rings. The van der Waals surface area contributed by atoms with Gasteiger partial charge in [0.25, 0.3) is 5.69 Å². The van der Waals surface area contributed by atoms with Gasteiger partial charge in [0, 0.05) is 6.07 Å². The molecular weight excluding hydrogens is 276 g/mol. The molecule has 1 heterocycles. The van der Waals surface area contributed by atoms with Crippen molar-refractivity contribution in [2.24, 2.45) is 0 Å². The van der Waals surface area contributed by atoms with Gasteiger partial charge in [-0.3, -0.25) is 19.8 Å². The maximum absolute atomic E-state index is 11.7. The summed E-state index contributed by atoms with van der Waals surface area (Å²) in [5.74, 6) is 0.374. The number of ether oxygens (including phenoxy) is 1. The standard InChI is InChI=1S/C10H8N2O4S2/c1-16-8-4-6(12(14)15)2-3-7(8)11-9(13)5-18-10(11)17/h2-4H,5H2,1H3. The Morgan fingerprint density at radius 2 is 2.28 bits per heavy atom. The van der Waals surface area contributed by atoms with Crippen LogP contribution in [0.1, 0.15) is 0 Å². The molecule has 0 spiro atoms. The zero-order valence-corrected chi connectivity index (χ0v) is 10.9. The Kier molecular flexibility index (Phi) is 3.48. The number of amides is 1. The second-order valence-corrected chi connectivity index (χ2v) is 5.01. The molecule has 1 amide bonds. The van der Waals surface area contributed by atoms with E-state index in [4.69, 9.17) is 17.0 Å². The fraction of sp³-hybridized carbons (Fsp3) is 0.200. The normalized spacial score (nSPS) is 15.1. The summed E-state index contributed by atoms with van der Waals surface area (Å²) < 4.78 is 5.50. The van der Waals surface area contributed by atoms with Crippen molar-refractivity contribution in [1.29, 1.82) is 0 Å². The molecule has 0 saturated carbocycles. The molecular formula is C10H8N2O4S2. The molecule has 0 unspecified atom stereocenters. The van der Waals surface area contributed by atoms with Gasteiger partial charge in [0.2, 0.25) is 5.91 Å². The molecule has 8 heteroatoms. The molecule has 0 aliphatic carbocycles. The van der Waals surface area contributed by atoms with E-state index in [1.54, 1.807) is 0 Å². The summed E-state index contributed by atoms with van der Waals surface area (Å²) in [5.41, 5.74) is 0.337. The zero-order valence-electron chi connectivity index (χ0n) is 9.28. The molecule has 0 N–H and O–H groups in total. The molecule has 1 aliphatic heterocycles. The van der Waals surface area contributed by atoms with Gasteiger partial charge < -0.3 is 4.74 Å². The third-order valence-corrected chi connectivity index (χ3v) is 3.72. The van der Waals surface area contributed by atoms with Crippen LogP contribution in [-0.4, -0.2) is 28.0 Å². The number of hydrogen-bond donors (Lipinski definition) is 0. The van der Waals surface area contributed by atoms with E-state index in [0.717, 1.165) is 0 Å². The number of nitrogens with zero attached hydrogens (tertiary/aromatic N) is 2. The van der Waals surface area contributed by atoms with Crippen LogP contribution in [0.25, 0.3) is 0 Å². The lowest BCUT2D eigenvalue weighted by atomic mass is 10.2. The van der Waals surface area contributed by atoms with Gasteiger partial charge in [0.1, 0.15) is 10.1 Å². The predicted octanol–water partition coefficient (Wildman–Crippen LogP) is 1.97. The van der Waals surface area contributed by atoms with Crippen LogP contribution >= 0.6 is 24.0 Å². The van der Waals surface area contributed by atoms with Crippen LogP contribution in [0.2, 0.25) is 0 Å². The van der Waals surface area contributed by atoms with Crippen LogP contribution in [0, 0.1) is 10.1 Å². The minimum absolute atomic E-state index is 0.0965. The number of thioether (sulfide) groups is 1. The van der Waals surface area contributed by atoms with Gasteiger partial charge in [-0.15, -0.1) is 0 Å². The number of benzene rings is 1. The van der Waals surface area contributed by atoms with Gasteiger partial charge in [0.05, 0.1) is 29.5 Å². The topological polar surface area (TPSA) is 72.7 Å². The fourth-order valence-electron chi connectivity index (χ4n) is 1.55. The molecule has 0 radical (unpaired) electrons. The maximum Gasteiger partial charge on any atom is 0.273 e. The van der Waals surface area contributed by atoms with Crippen LogP contribution in [0.5, 0.6) is 5.75 Å². The average Bonchev–Trinajstić information content (AvgIpc) is 2.68. The van der Waals surface area contributed by atoms with Crippen molar-refractivity contribution in [1.82, 2.24) is 0 Å². The Balaban J connectivity index is 2.48. The van der Waals surface area contributed by atoms with Crippen molar-refractivity contribution < 1.29 is 14.5 Å². The van der Waals surface area contributed by atoms with E-state index in [1.807, 2.05) is 0 Å². The molecule has 1 saturated heterocycles. The first-order valence-corrected chi connectivity index (χ1v) is 6.26. The van der Waals surface area contributed by atoms with Crippen molar-refractivity contribution in [2.75, 3.05) is 17.8 Å². The number of thiocarbonyl (C=S) groups is 1. The number of hydrogen-bond acceptors (Lipinski definition) is 6. The number of nitro benzene ring substituents is 1. The number of carbonyl (C=O) groups is 1. The van der Waals surface area contributed by atoms with Crippen molar-refractivity contribution in [2.45, 2.75) is 0 Å². The number of methoxy groups -OCH3 is 1. The predicted molar refractivity (Wildman–Crippen MR) is 72.2 cm³/mol. The van der Waals surface area contributed by atoms with Gasteiger partial charge in [-0.1, -0.05) is 24.0 Å². The first-order valence-electron chi connectivity index (χ1n) is 4.86. The molecule has 1 aliphatic rings. The number of nitro groups is 1. The Bertz CT molecular complexity index is 531. The highest BCUT2D eigenvalue weighted by atomic mass is 32.2. The summed E-state index contributed by atoms with van der Waals surface area (Å²) >= 11 is 6.33. The second-order valence-electron chi connectivity index (χ2n) is 3.40. The van der Waals surface area contributed by atoms with Gasteiger partial charge in [-0.25, -0.2) is 0 Å². The van der Waals surface area contributed by atoms with E-state index in [9.17, 15) is 14.9 Å². The summed E-state index contributed by atoms with van der Waals surface area (Å²) in [6.07, 6.45) is 0. The first-order chi connectivity index (χ1) is 8.54. The van der Waals surface area contributed by atoms with E-state index in [2.05, 4.69) is 0 Å². The van der Waals surface area contributed by atoms with Crippen molar-refractivity contribution in [3.63, 3.8) is 0 Å². The smallest absolute Gasteiger partial charge is 0.273 e. The monoisotopic (exact) mass is 284 g/mol. The van der Waals surface area contributed by atoms with Crippen molar-refractivity contribution in [3.8, 4) is 5.75 Å². The molecule has 6 nitrogen and oxygen atoms in total. The van der Waals surface area contributed by atoms with E-state index < -0.39 is 4.92 Å². The molecule has 18 heavy (non-hydrogen) atoms. The lowest BCUT2D eigenvalue weighted by molar-refractivity contribution is -0.384. The van der Waals surface area contributed by atoms with Crippen molar-refractivity contribution >= 4 is 45.6 Å². The molecule has 1 aromatic carbocycles. The third-order valence-electron chi connectivity index (χ3n) is 2.37. The molecule has 94 valence electrons. The zero-order chi connectivity index (χ0) is 13.3. The SMILES string of the molecule is COc1cc([N+](=O)[O-])ccc1N1C(=O)CSC1=S. The molecule has 0 aromatic heterocycles. The molecule has 1 aromatic rings. The van der Waals surface area contributed by atoms with Crippen LogP contribution in [-0.2, 0) is 4.79 Å². The van der Waals surface area contributed by atoms with E-state index in [0.29, 0.717) is 10.0 Å². The van der Waals surface area contributed by atoms with Gasteiger partial charge in [-0.2, -0.15) is 0 Å². The summed E-state index contributed by atoms with van der Waals surface area (Å²) in [6, 6.07) is 4.05. The highest BCUT2D eigenvalue weighted by molar-refractivity contribution is 8.24. The number of non-ortho nitro benzene ring substituents is 1. The Hall–Kier alpha value is -1.67. The second kappa shape index (κ2) is 4.91. The summed E-state index contributed by atoms with van der Waals surface area (Å²) in [5, 5.41) is 10.7. The lowest BCUT2D eigenvalue weighted by Crippen LogP contribution is -2.28. The van der Waals surface area contributed by atoms with E-state index in [-0.39, 0.29) is 23.1 Å². The van der Waals surface area contributed by atoms with Crippen LogP contribution in [0.15, 0.2) is 18.2 Å². The summed E-state index contributed by atoms with van der Waals surface area (Å²) in [6.45, 7) is 0. The van der Waals surface area contributed by atoms with Gasteiger partial charge >= 0.3 is 0 Å². The summed E-state index contributed by atoms with van der Waals surface area (Å²) in [4.78, 5) is 23.2. The number of carbonyl (C=O) groups excluding carboxylic acids is 1. The Labute approximate surface area is 112 Å². The minimum Gasteiger partial charge on any atom is -0.494 e. The van der Waals surface area contributed by atoms with Crippen molar-refractivity contribution in [3.05, 3.63) is 28.3 Å². The molecule has 0 bridgehead atoms. The maximum atomic E-state index is 11.7. The highest BCUT2D eigenvalue weighted by Gasteiger charge is 2.30. The number of rotatable bonds is 3. The third kappa shape index (κ3) is 2.16. The molecule has 2 rings (SSSR count). The first kappa shape index (κ1) is 12.8. The Morgan fingerprint density at radius 3 is 2.78 bits per heavy atom. The minimum atomic E-state index is -0.523. The number of anilines is 1. The van der Waals surface area contributed by atoms with E-state index in [1.165, 1.54) is 42.0 Å². The summed E-state index contributed by atoms with van der Waals surface area (Å²) in [7, 11) is 1.39. The molecule has 0 atom stereocenters.